The molecule has 2 unspecified atom stereocenters. The fourth-order valence-corrected chi connectivity index (χ4v) is 1.44. The van der Waals surface area contributed by atoms with E-state index in [0.717, 1.165) is 0 Å². The topological polar surface area (TPSA) is 49.4 Å². The van der Waals surface area contributed by atoms with Gasteiger partial charge in [0.05, 0.1) is 11.8 Å². The Morgan fingerprint density at radius 1 is 1.58 bits per heavy atom. The minimum atomic E-state index is -0.0906. The third-order valence-corrected chi connectivity index (χ3v) is 2.20. The first-order valence-electron chi connectivity index (χ1n) is 3.79. The smallest absolute Gasteiger partial charge is 0.245 e. The zero-order chi connectivity index (χ0) is 8.72. The molecule has 2 atom stereocenters. The molecule has 1 aliphatic carbocycles. The molecule has 12 heavy (non-hydrogen) atoms. The Morgan fingerprint density at radius 2 is 2.33 bits per heavy atom. The lowest BCUT2D eigenvalue weighted by Crippen LogP contribution is -2.51. The van der Waals surface area contributed by atoms with Gasteiger partial charge in [0.25, 0.3) is 0 Å². The average Bonchev–Trinajstić information content (AvgIpc) is 2.79. The molecule has 2 aliphatic rings. The molecule has 0 aromatic heterocycles. The van der Waals surface area contributed by atoms with E-state index in [9.17, 15) is 9.59 Å². The SMILES string of the molecule is C#CCN1NC(=O)C2CC2C1=O. The van der Waals surface area contributed by atoms with Crippen molar-refractivity contribution in [3.05, 3.63) is 0 Å². The van der Waals surface area contributed by atoms with Crippen molar-refractivity contribution in [1.82, 2.24) is 10.4 Å². The summed E-state index contributed by atoms with van der Waals surface area (Å²) in [5.41, 5.74) is 2.46. The first-order valence-corrected chi connectivity index (χ1v) is 3.79. The van der Waals surface area contributed by atoms with Crippen LogP contribution in [0.2, 0.25) is 0 Å². The summed E-state index contributed by atoms with van der Waals surface area (Å²) in [5.74, 6) is 2.03. The number of fused-ring (bicyclic) bond motifs is 1. The van der Waals surface area contributed by atoms with Gasteiger partial charge in [-0.2, -0.15) is 0 Å². The molecule has 2 fully saturated rings. The van der Waals surface area contributed by atoms with Gasteiger partial charge in [0.15, 0.2) is 0 Å². The highest BCUT2D eigenvalue weighted by molar-refractivity contribution is 5.97. The predicted octanol–water partition coefficient (Wildman–Crippen LogP) is -0.871. The molecule has 1 saturated heterocycles. The lowest BCUT2D eigenvalue weighted by Gasteiger charge is -2.24. The fraction of sp³-hybridized carbons (Fsp3) is 0.500. The highest BCUT2D eigenvalue weighted by Gasteiger charge is 2.53. The number of nitrogens with one attached hydrogen (secondary N) is 1. The molecule has 0 bridgehead atoms. The molecular formula is C8H8N2O2. The first kappa shape index (κ1) is 7.17. The van der Waals surface area contributed by atoms with Gasteiger partial charge in [-0.15, -0.1) is 6.42 Å². The number of hydrogen-bond acceptors (Lipinski definition) is 2. The van der Waals surface area contributed by atoms with Gasteiger partial charge in [-0.3, -0.25) is 15.0 Å². The van der Waals surface area contributed by atoms with E-state index in [2.05, 4.69) is 11.3 Å². The molecule has 2 amide bonds. The van der Waals surface area contributed by atoms with Gasteiger partial charge in [-0.05, 0) is 6.42 Å². The van der Waals surface area contributed by atoms with E-state index in [0.29, 0.717) is 6.42 Å². The van der Waals surface area contributed by atoms with Crippen molar-refractivity contribution in [3.8, 4) is 12.3 Å². The number of nitrogens with zero attached hydrogens (tertiary/aromatic N) is 1. The molecule has 1 N–H and O–H groups in total. The summed E-state index contributed by atoms with van der Waals surface area (Å²) >= 11 is 0. The van der Waals surface area contributed by atoms with Crippen LogP contribution in [0.25, 0.3) is 0 Å². The van der Waals surface area contributed by atoms with Crippen molar-refractivity contribution in [2.45, 2.75) is 6.42 Å². The number of terminal acetylenes is 1. The van der Waals surface area contributed by atoms with Crippen LogP contribution in [0.5, 0.6) is 0 Å². The van der Waals surface area contributed by atoms with Crippen molar-refractivity contribution in [3.63, 3.8) is 0 Å². The first-order chi connectivity index (χ1) is 5.74. The maximum atomic E-state index is 11.3. The van der Waals surface area contributed by atoms with E-state index in [4.69, 9.17) is 6.42 Å². The second-order valence-corrected chi connectivity index (χ2v) is 3.05. The van der Waals surface area contributed by atoms with Crippen LogP contribution in [-0.4, -0.2) is 23.4 Å². The molecular weight excluding hydrogens is 156 g/mol. The summed E-state index contributed by atoms with van der Waals surface area (Å²) in [7, 11) is 0. The van der Waals surface area contributed by atoms with Crippen LogP contribution in [0.1, 0.15) is 6.42 Å². The highest BCUT2D eigenvalue weighted by Crippen LogP contribution is 2.42. The summed E-state index contributed by atoms with van der Waals surface area (Å²) in [6.07, 6.45) is 5.72. The largest absolute Gasteiger partial charge is 0.273 e. The number of hydrogen-bond donors (Lipinski definition) is 1. The Morgan fingerprint density at radius 3 is 3.00 bits per heavy atom. The van der Waals surface area contributed by atoms with Crippen LogP contribution < -0.4 is 5.43 Å². The molecule has 0 aromatic carbocycles. The summed E-state index contributed by atoms with van der Waals surface area (Å²) in [4.78, 5) is 22.4. The van der Waals surface area contributed by atoms with Gasteiger partial charge in [0.1, 0.15) is 6.54 Å². The van der Waals surface area contributed by atoms with E-state index in [1.165, 1.54) is 5.01 Å². The van der Waals surface area contributed by atoms with Crippen molar-refractivity contribution in [2.75, 3.05) is 6.54 Å². The zero-order valence-electron chi connectivity index (χ0n) is 6.41. The average molecular weight is 164 g/mol. The van der Waals surface area contributed by atoms with Crippen LogP contribution >= 0.6 is 0 Å². The minimum Gasteiger partial charge on any atom is -0.273 e. The Labute approximate surface area is 69.9 Å². The molecule has 1 saturated carbocycles. The Bertz CT molecular complexity index is 292. The standard InChI is InChI=1S/C8H8N2O2/c1-2-3-10-8(12)6-4-5(6)7(11)9-10/h1,5-6H,3-4H2,(H,9,11). The Hall–Kier alpha value is -1.50. The number of hydrazine groups is 1. The predicted molar refractivity (Wildman–Crippen MR) is 40.3 cm³/mol. The molecule has 1 heterocycles. The van der Waals surface area contributed by atoms with Gasteiger partial charge in [-0.1, -0.05) is 5.92 Å². The second kappa shape index (κ2) is 2.24. The van der Waals surface area contributed by atoms with E-state index in [1.807, 2.05) is 0 Å². The van der Waals surface area contributed by atoms with E-state index >= 15 is 0 Å². The Balaban J connectivity index is 2.11. The lowest BCUT2D eigenvalue weighted by molar-refractivity contribution is -0.147. The van der Waals surface area contributed by atoms with Crippen LogP contribution in [-0.2, 0) is 9.59 Å². The lowest BCUT2D eigenvalue weighted by atomic mass is 10.2. The third-order valence-electron chi connectivity index (χ3n) is 2.20. The van der Waals surface area contributed by atoms with Gasteiger partial charge < -0.3 is 0 Å². The van der Waals surface area contributed by atoms with Crippen molar-refractivity contribution in [1.29, 1.82) is 0 Å². The van der Waals surface area contributed by atoms with Gasteiger partial charge in [0.2, 0.25) is 11.8 Å². The Kier molecular flexibility index (Phi) is 1.34. The van der Waals surface area contributed by atoms with Crippen LogP contribution in [0.3, 0.4) is 0 Å². The third kappa shape index (κ3) is 0.866. The van der Waals surface area contributed by atoms with Crippen LogP contribution in [0.4, 0.5) is 0 Å². The highest BCUT2D eigenvalue weighted by atomic mass is 16.2. The van der Waals surface area contributed by atoms with E-state index in [1.54, 1.807) is 0 Å². The normalized spacial score (nSPS) is 32.1. The number of carbonyl (C=O) groups is 2. The summed E-state index contributed by atoms with van der Waals surface area (Å²) < 4.78 is 0. The number of rotatable bonds is 1. The zero-order valence-corrected chi connectivity index (χ0v) is 6.41. The maximum absolute atomic E-state index is 11.3. The monoisotopic (exact) mass is 164 g/mol. The van der Waals surface area contributed by atoms with Gasteiger partial charge in [-0.25, -0.2) is 5.01 Å². The van der Waals surface area contributed by atoms with Crippen molar-refractivity contribution in [2.24, 2.45) is 11.8 Å². The molecule has 0 radical (unpaired) electrons. The summed E-state index contributed by atoms with van der Waals surface area (Å²) in [6, 6.07) is 0. The molecule has 0 aromatic rings. The van der Waals surface area contributed by atoms with Crippen LogP contribution in [0.15, 0.2) is 0 Å². The minimum absolute atomic E-state index is 0.0439. The summed E-state index contributed by atoms with van der Waals surface area (Å²) in [6.45, 7) is 0.161. The molecule has 2 rings (SSSR count). The molecule has 4 heteroatoms. The molecule has 62 valence electrons. The van der Waals surface area contributed by atoms with Crippen LogP contribution in [0, 0.1) is 24.2 Å². The maximum Gasteiger partial charge on any atom is 0.245 e. The second-order valence-electron chi connectivity index (χ2n) is 3.05. The van der Waals surface area contributed by atoms with Gasteiger partial charge >= 0.3 is 0 Å². The quantitative estimate of drug-likeness (QED) is 0.512. The molecule has 4 nitrogen and oxygen atoms in total. The summed E-state index contributed by atoms with van der Waals surface area (Å²) in [5, 5.41) is 1.22. The number of carbonyl (C=O) groups excluding carboxylic acids is 2. The van der Waals surface area contributed by atoms with Crippen molar-refractivity contribution < 1.29 is 9.59 Å². The van der Waals surface area contributed by atoms with E-state index in [-0.39, 0.29) is 30.2 Å². The van der Waals surface area contributed by atoms with Crippen molar-refractivity contribution >= 4 is 11.8 Å². The van der Waals surface area contributed by atoms with Gasteiger partial charge in [0, 0.05) is 0 Å². The number of amides is 2. The molecule has 0 spiro atoms. The van der Waals surface area contributed by atoms with E-state index < -0.39 is 0 Å². The molecule has 1 aliphatic heterocycles. The fourth-order valence-electron chi connectivity index (χ4n) is 1.44.